The van der Waals surface area contributed by atoms with Gasteiger partial charge in [-0.2, -0.15) is 0 Å². The summed E-state index contributed by atoms with van der Waals surface area (Å²) in [5.74, 6) is 1.52. The largest absolute Gasteiger partial charge is 0.357 e. The minimum Gasteiger partial charge on any atom is -0.357 e. The van der Waals surface area contributed by atoms with Crippen molar-refractivity contribution in [2.45, 2.75) is 32.1 Å². The number of nitrogens with one attached hydrogen (secondary N) is 1. The van der Waals surface area contributed by atoms with Crippen LogP contribution >= 0.6 is 0 Å². The number of fused-ring (bicyclic) bond motifs is 4. The molecule has 1 atom stereocenters. The molecular formula is C18H22N2O. The topological polar surface area (TPSA) is 36.1 Å². The van der Waals surface area contributed by atoms with Crippen molar-refractivity contribution in [3.05, 3.63) is 35.5 Å². The predicted molar refractivity (Wildman–Crippen MR) is 84.8 cm³/mol. The standard InChI is InChI=1S/C18H22N2O/c1-2-16(21)17-13-5-3-4-6-15(13)19-18(17)14-11-20-9-7-12(14)8-10-20/h3-6,12,14,19H,2,7-11H2,1H3. The molecule has 4 heterocycles. The summed E-state index contributed by atoms with van der Waals surface area (Å²) in [5.41, 5.74) is 3.28. The van der Waals surface area contributed by atoms with Crippen LogP contribution in [0.25, 0.3) is 10.9 Å². The van der Waals surface area contributed by atoms with Crippen LogP contribution in [-0.4, -0.2) is 35.3 Å². The molecule has 5 rings (SSSR count). The first-order valence-corrected chi connectivity index (χ1v) is 8.14. The van der Waals surface area contributed by atoms with E-state index < -0.39 is 0 Å². The van der Waals surface area contributed by atoms with Crippen molar-refractivity contribution >= 4 is 16.7 Å². The van der Waals surface area contributed by atoms with E-state index in [1.54, 1.807) is 0 Å². The number of para-hydroxylation sites is 1. The second-order valence-corrected chi connectivity index (χ2v) is 6.48. The van der Waals surface area contributed by atoms with Gasteiger partial charge in [0.2, 0.25) is 0 Å². The van der Waals surface area contributed by atoms with E-state index in [0.717, 1.165) is 28.9 Å². The summed E-state index contributed by atoms with van der Waals surface area (Å²) < 4.78 is 0. The highest BCUT2D eigenvalue weighted by atomic mass is 16.1. The maximum absolute atomic E-state index is 12.5. The molecule has 0 radical (unpaired) electrons. The molecule has 1 N–H and O–H groups in total. The molecular weight excluding hydrogens is 260 g/mol. The van der Waals surface area contributed by atoms with Crippen LogP contribution in [0.2, 0.25) is 0 Å². The normalized spacial score (nSPS) is 28.1. The van der Waals surface area contributed by atoms with E-state index in [-0.39, 0.29) is 5.78 Å². The molecule has 1 aromatic carbocycles. The second kappa shape index (κ2) is 4.99. The van der Waals surface area contributed by atoms with Crippen molar-refractivity contribution in [2.75, 3.05) is 19.6 Å². The highest BCUT2D eigenvalue weighted by molar-refractivity contribution is 6.09. The Morgan fingerprint density at radius 2 is 2.05 bits per heavy atom. The van der Waals surface area contributed by atoms with Crippen molar-refractivity contribution in [2.24, 2.45) is 5.92 Å². The summed E-state index contributed by atoms with van der Waals surface area (Å²) in [6, 6.07) is 8.24. The molecule has 3 saturated heterocycles. The minimum atomic E-state index is 0.277. The maximum Gasteiger partial charge on any atom is 0.165 e. The lowest BCUT2D eigenvalue weighted by atomic mass is 9.76. The Bertz CT molecular complexity index is 680. The van der Waals surface area contributed by atoms with Crippen molar-refractivity contribution in [3.63, 3.8) is 0 Å². The fourth-order valence-corrected chi connectivity index (χ4v) is 4.21. The van der Waals surface area contributed by atoms with Crippen LogP contribution in [0.4, 0.5) is 0 Å². The van der Waals surface area contributed by atoms with Crippen molar-refractivity contribution in [3.8, 4) is 0 Å². The van der Waals surface area contributed by atoms with Gasteiger partial charge < -0.3 is 9.88 Å². The first-order valence-electron chi connectivity index (χ1n) is 8.14. The summed E-state index contributed by atoms with van der Waals surface area (Å²) >= 11 is 0. The molecule has 0 saturated carbocycles. The molecule has 3 aliphatic heterocycles. The fraction of sp³-hybridized carbons (Fsp3) is 0.500. The third-order valence-electron chi connectivity index (χ3n) is 5.36. The minimum absolute atomic E-state index is 0.277. The summed E-state index contributed by atoms with van der Waals surface area (Å²) in [6.45, 7) is 5.54. The third kappa shape index (κ3) is 2.03. The summed E-state index contributed by atoms with van der Waals surface area (Å²) in [5, 5.41) is 1.11. The Morgan fingerprint density at radius 3 is 2.71 bits per heavy atom. The van der Waals surface area contributed by atoms with Crippen LogP contribution in [0.5, 0.6) is 0 Å². The van der Waals surface area contributed by atoms with Crippen LogP contribution in [0.3, 0.4) is 0 Å². The lowest BCUT2D eigenvalue weighted by molar-refractivity contribution is 0.0842. The van der Waals surface area contributed by atoms with Gasteiger partial charge in [0.25, 0.3) is 0 Å². The van der Waals surface area contributed by atoms with E-state index in [9.17, 15) is 4.79 Å². The number of Topliss-reactive ketones (excluding diaryl/α,β-unsaturated/α-hetero) is 1. The average molecular weight is 282 g/mol. The van der Waals surface area contributed by atoms with Gasteiger partial charge in [-0.1, -0.05) is 25.1 Å². The van der Waals surface area contributed by atoms with Gasteiger partial charge in [0.1, 0.15) is 0 Å². The van der Waals surface area contributed by atoms with E-state index in [0.29, 0.717) is 12.3 Å². The molecule has 3 fully saturated rings. The maximum atomic E-state index is 12.5. The van der Waals surface area contributed by atoms with Gasteiger partial charge >= 0.3 is 0 Å². The zero-order valence-corrected chi connectivity index (χ0v) is 12.6. The highest BCUT2D eigenvalue weighted by Gasteiger charge is 2.37. The number of nitrogens with zero attached hydrogens (tertiary/aromatic N) is 1. The molecule has 1 aromatic heterocycles. The number of piperidine rings is 3. The molecule has 0 spiro atoms. The van der Waals surface area contributed by atoms with E-state index in [4.69, 9.17) is 0 Å². The first kappa shape index (κ1) is 13.1. The van der Waals surface area contributed by atoms with Gasteiger partial charge in [0.15, 0.2) is 5.78 Å². The third-order valence-corrected chi connectivity index (χ3v) is 5.36. The van der Waals surface area contributed by atoms with Crippen molar-refractivity contribution < 1.29 is 4.79 Å². The molecule has 3 heteroatoms. The molecule has 0 aliphatic carbocycles. The molecule has 21 heavy (non-hydrogen) atoms. The Balaban J connectivity index is 1.86. The molecule has 2 aromatic rings. The van der Waals surface area contributed by atoms with Crippen LogP contribution in [0.1, 0.15) is 48.2 Å². The van der Waals surface area contributed by atoms with E-state index in [1.807, 2.05) is 19.1 Å². The fourth-order valence-electron chi connectivity index (χ4n) is 4.21. The van der Waals surface area contributed by atoms with Crippen LogP contribution in [0, 0.1) is 5.92 Å². The number of rotatable bonds is 3. The van der Waals surface area contributed by atoms with Crippen LogP contribution < -0.4 is 0 Å². The monoisotopic (exact) mass is 282 g/mol. The predicted octanol–water partition coefficient (Wildman–Crippen LogP) is 3.57. The number of benzene rings is 1. The molecule has 2 bridgehead atoms. The molecule has 3 nitrogen and oxygen atoms in total. The van der Waals surface area contributed by atoms with Gasteiger partial charge in [-0.3, -0.25) is 4.79 Å². The SMILES string of the molecule is CCC(=O)c1c(C2CN3CCC2CC3)[nH]c2ccccc12. The summed E-state index contributed by atoms with van der Waals surface area (Å²) in [4.78, 5) is 18.7. The van der Waals surface area contributed by atoms with Crippen molar-refractivity contribution in [1.29, 1.82) is 0 Å². The number of H-pyrrole nitrogens is 1. The Hall–Kier alpha value is -1.61. The lowest BCUT2D eigenvalue weighted by Gasteiger charge is -2.44. The number of hydrogen-bond acceptors (Lipinski definition) is 2. The molecule has 1 unspecified atom stereocenters. The Labute approximate surface area is 125 Å². The van der Waals surface area contributed by atoms with Gasteiger partial charge in [-0.15, -0.1) is 0 Å². The van der Waals surface area contributed by atoms with Crippen LogP contribution in [0.15, 0.2) is 24.3 Å². The zero-order chi connectivity index (χ0) is 14.4. The Morgan fingerprint density at radius 1 is 1.29 bits per heavy atom. The van der Waals surface area contributed by atoms with Gasteiger partial charge in [0, 0.05) is 41.0 Å². The zero-order valence-electron chi connectivity index (χ0n) is 12.6. The lowest BCUT2D eigenvalue weighted by Crippen LogP contribution is -2.46. The molecule has 0 amide bonds. The molecule has 110 valence electrons. The Kier molecular flexibility index (Phi) is 3.11. The van der Waals surface area contributed by atoms with E-state index in [2.05, 4.69) is 22.0 Å². The van der Waals surface area contributed by atoms with Crippen molar-refractivity contribution in [1.82, 2.24) is 9.88 Å². The highest BCUT2D eigenvalue weighted by Crippen LogP contribution is 2.41. The van der Waals surface area contributed by atoms with E-state index in [1.165, 1.54) is 31.6 Å². The number of carbonyl (C=O) groups excluding carboxylic acids is 1. The summed E-state index contributed by atoms with van der Waals surface area (Å²) in [6.07, 6.45) is 3.13. The average Bonchev–Trinajstić information content (AvgIpc) is 2.94. The number of hydrogen-bond donors (Lipinski definition) is 1. The smallest absolute Gasteiger partial charge is 0.165 e. The van der Waals surface area contributed by atoms with E-state index >= 15 is 0 Å². The number of aromatic amines is 1. The van der Waals surface area contributed by atoms with Gasteiger partial charge in [-0.25, -0.2) is 0 Å². The summed E-state index contributed by atoms with van der Waals surface area (Å²) in [7, 11) is 0. The van der Waals surface area contributed by atoms with Crippen LogP contribution in [-0.2, 0) is 0 Å². The number of ketones is 1. The molecule has 3 aliphatic rings. The second-order valence-electron chi connectivity index (χ2n) is 6.48. The number of aromatic nitrogens is 1. The van der Waals surface area contributed by atoms with Gasteiger partial charge in [0.05, 0.1) is 0 Å². The first-order chi connectivity index (χ1) is 10.3. The number of carbonyl (C=O) groups is 1. The quantitative estimate of drug-likeness (QED) is 0.874. The van der Waals surface area contributed by atoms with Gasteiger partial charge in [-0.05, 0) is 37.9 Å².